The molecule has 0 fully saturated rings. The molecule has 1 aromatic rings. The summed E-state index contributed by atoms with van der Waals surface area (Å²) in [5, 5.41) is 2.51. The Hall–Kier alpha value is -2.44. The second kappa shape index (κ2) is 8.11. The van der Waals surface area contributed by atoms with Gasteiger partial charge in [-0.2, -0.15) is 0 Å². The van der Waals surface area contributed by atoms with E-state index in [1.165, 1.54) is 31.2 Å². The predicted octanol–water partition coefficient (Wildman–Crippen LogP) is 0.676. The molecular formula is C15H20FN3O3. The van der Waals surface area contributed by atoms with E-state index in [1.54, 1.807) is 13.8 Å². The van der Waals surface area contributed by atoms with Gasteiger partial charge in [0.25, 0.3) is 5.91 Å². The lowest BCUT2D eigenvalue weighted by Crippen LogP contribution is -2.54. The number of rotatable bonds is 5. The van der Waals surface area contributed by atoms with E-state index in [2.05, 4.69) is 16.2 Å². The quantitative estimate of drug-likeness (QED) is 0.699. The molecule has 1 rings (SSSR count). The molecule has 0 aliphatic heterocycles. The second-order valence-electron chi connectivity index (χ2n) is 5.26. The fraction of sp³-hybridized carbons (Fsp3) is 0.400. The maximum Gasteiger partial charge on any atom is 0.261 e. The summed E-state index contributed by atoms with van der Waals surface area (Å²) in [5.41, 5.74) is 5.16. The van der Waals surface area contributed by atoms with Gasteiger partial charge < -0.3 is 5.32 Å². The van der Waals surface area contributed by atoms with Crippen LogP contribution in [0, 0.1) is 11.7 Å². The minimum absolute atomic E-state index is 0.00699. The molecule has 0 aliphatic carbocycles. The van der Waals surface area contributed by atoms with E-state index in [1.807, 2.05) is 0 Å². The SMILES string of the molecule is CC(=O)N[C@@H](C(=O)NNC(=O)Cc1ccc(F)cc1)C(C)C. The molecule has 0 saturated carbocycles. The number of hydrazine groups is 1. The third-order valence-corrected chi connectivity index (χ3v) is 2.91. The zero-order chi connectivity index (χ0) is 16.7. The zero-order valence-corrected chi connectivity index (χ0v) is 12.8. The van der Waals surface area contributed by atoms with Crippen LogP contribution in [0.25, 0.3) is 0 Å². The van der Waals surface area contributed by atoms with E-state index >= 15 is 0 Å². The van der Waals surface area contributed by atoms with Crippen molar-refractivity contribution in [3.8, 4) is 0 Å². The Morgan fingerprint density at radius 2 is 1.68 bits per heavy atom. The molecule has 120 valence electrons. The van der Waals surface area contributed by atoms with Crippen LogP contribution in [0.4, 0.5) is 4.39 Å². The van der Waals surface area contributed by atoms with Gasteiger partial charge in [-0.15, -0.1) is 0 Å². The molecule has 0 bridgehead atoms. The van der Waals surface area contributed by atoms with Gasteiger partial charge in [0.15, 0.2) is 0 Å². The number of hydrogen-bond donors (Lipinski definition) is 3. The van der Waals surface area contributed by atoms with E-state index < -0.39 is 17.9 Å². The third-order valence-electron chi connectivity index (χ3n) is 2.91. The van der Waals surface area contributed by atoms with Crippen molar-refractivity contribution in [2.24, 2.45) is 5.92 Å². The first-order chi connectivity index (χ1) is 10.3. The van der Waals surface area contributed by atoms with Crippen LogP contribution in [0.3, 0.4) is 0 Å². The molecule has 0 heterocycles. The largest absolute Gasteiger partial charge is 0.344 e. The van der Waals surface area contributed by atoms with E-state index in [0.717, 1.165) is 0 Å². The number of nitrogens with one attached hydrogen (secondary N) is 3. The summed E-state index contributed by atoms with van der Waals surface area (Å²) in [6.07, 6.45) is 0.00699. The molecule has 22 heavy (non-hydrogen) atoms. The Labute approximate surface area is 128 Å². The zero-order valence-electron chi connectivity index (χ0n) is 12.8. The van der Waals surface area contributed by atoms with Crippen LogP contribution in [0.2, 0.25) is 0 Å². The summed E-state index contributed by atoms with van der Waals surface area (Å²) in [6, 6.07) is 4.76. The lowest BCUT2D eigenvalue weighted by molar-refractivity contribution is -0.132. The summed E-state index contributed by atoms with van der Waals surface area (Å²) in [6.45, 7) is 4.87. The van der Waals surface area contributed by atoms with Crippen LogP contribution < -0.4 is 16.2 Å². The summed E-state index contributed by atoms with van der Waals surface area (Å²) in [7, 11) is 0. The van der Waals surface area contributed by atoms with E-state index in [4.69, 9.17) is 0 Å². The maximum absolute atomic E-state index is 12.8. The van der Waals surface area contributed by atoms with Crippen molar-refractivity contribution in [2.75, 3.05) is 0 Å². The number of carbonyl (C=O) groups excluding carboxylic acids is 3. The molecule has 3 amide bonds. The highest BCUT2D eigenvalue weighted by molar-refractivity contribution is 5.89. The normalized spacial score (nSPS) is 11.7. The molecule has 1 atom stereocenters. The molecule has 7 heteroatoms. The van der Waals surface area contributed by atoms with Gasteiger partial charge in [0, 0.05) is 6.92 Å². The van der Waals surface area contributed by atoms with Crippen molar-refractivity contribution < 1.29 is 18.8 Å². The van der Waals surface area contributed by atoms with E-state index in [9.17, 15) is 18.8 Å². The topological polar surface area (TPSA) is 87.3 Å². The molecule has 1 aromatic carbocycles. The molecule has 0 aromatic heterocycles. The van der Waals surface area contributed by atoms with Gasteiger partial charge in [-0.05, 0) is 23.6 Å². The Balaban J connectivity index is 2.49. The molecule has 0 spiro atoms. The summed E-state index contributed by atoms with van der Waals surface area (Å²) in [4.78, 5) is 34.7. The molecule has 3 N–H and O–H groups in total. The third kappa shape index (κ3) is 5.90. The fourth-order valence-corrected chi connectivity index (χ4v) is 1.79. The van der Waals surface area contributed by atoms with E-state index in [0.29, 0.717) is 5.56 Å². The molecule has 0 radical (unpaired) electrons. The number of benzene rings is 1. The molecule has 0 saturated heterocycles. The van der Waals surface area contributed by atoms with Gasteiger partial charge in [-0.25, -0.2) is 4.39 Å². The van der Waals surface area contributed by atoms with Crippen LogP contribution in [-0.4, -0.2) is 23.8 Å². The maximum atomic E-state index is 12.8. The Morgan fingerprint density at radius 3 is 2.18 bits per heavy atom. The van der Waals surface area contributed by atoms with Crippen LogP contribution in [0.15, 0.2) is 24.3 Å². The lowest BCUT2D eigenvalue weighted by Gasteiger charge is -2.21. The van der Waals surface area contributed by atoms with Gasteiger partial charge >= 0.3 is 0 Å². The fourth-order valence-electron chi connectivity index (χ4n) is 1.79. The number of carbonyl (C=O) groups is 3. The first-order valence-corrected chi connectivity index (χ1v) is 6.90. The van der Waals surface area contributed by atoms with Crippen molar-refractivity contribution in [1.82, 2.24) is 16.2 Å². The van der Waals surface area contributed by atoms with Crippen LogP contribution in [-0.2, 0) is 20.8 Å². The van der Waals surface area contributed by atoms with Crippen LogP contribution in [0.5, 0.6) is 0 Å². The first-order valence-electron chi connectivity index (χ1n) is 6.90. The van der Waals surface area contributed by atoms with Crippen LogP contribution in [0.1, 0.15) is 26.3 Å². The Kier molecular flexibility index (Phi) is 6.49. The highest BCUT2D eigenvalue weighted by Gasteiger charge is 2.23. The predicted molar refractivity (Wildman–Crippen MR) is 78.8 cm³/mol. The summed E-state index contributed by atoms with van der Waals surface area (Å²) in [5.74, 6) is -1.78. The van der Waals surface area contributed by atoms with Crippen LogP contribution >= 0.6 is 0 Å². The van der Waals surface area contributed by atoms with E-state index in [-0.39, 0.29) is 24.1 Å². The standard InChI is InChI=1S/C15H20FN3O3/c1-9(2)14(17-10(3)20)15(22)19-18-13(21)8-11-4-6-12(16)7-5-11/h4-7,9,14H,8H2,1-3H3,(H,17,20)(H,18,21)(H,19,22)/t14-/m1/s1. The Bertz CT molecular complexity index is 543. The van der Waals surface area contributed by atoms with Crippen molar-refractivity contribution in [3.63, 3.8) is 0 Å². The molecule has 0 unspecified atom stereocenters. The van der Waals surface area contributed by atoms with Gasteiger partial charge in [0.1, 0.15) is 11.9 Å². The van der Waals surface area contributed by atoms with Gasteiger partial charge in [0.05, 0.1) is 6.42 Å². The minimum Gasteiger partial charge on any atom is -0.344 e. The molecule has 0 aliphatic rings. The van der Waals surface area contributed by atoms with Crippen molar-refractivity contribution in [2.45, 2.75) is 33.2 Å². The summed E-state index contributed by atoms with van der Waals surface area (Å²) < 4.78 is 12.8. The second-order valence-corrected chi connectivity index (χ2v) is 5.26. The number of halogens is 1. The van der Waals surface area contributed by atoms with Crippen molar-refractivity contribution >= 4 is 17.7 Å². The highest BCUT2D eigenvalue weighted by atomic mass is 19.1. The monoisotopic (exact) mass is 309 g/mol. The average Bonchev–Trinajstić information content (AvgIpc) is 2.44. The van der Waals surface area contributed by atoms with Gasteiger partial charge in [-0.3, -0.25) is 25.2 Å². The number of hydrogen-bond acceptors (Lipinski definition) is 3. The number of amides is 3. The van der Waals surface area contributed by atoms with Crippen molar-refractivity contribution in [1.29, 1.82) is 0 Å². The van der Waals surface area contributed by atoms with Gasteiger partial charge in [-0.1, -0.05) is 26.0 Å². The highest BCUT2D eigenvalue weighted by Crippen LogP contribution is 2.03. The Morgan fingerprint density at radius 1 is 1.09 bits per heavy atom. The smallest absolute Gasteiger partial charge is 0.261 e. The van der Waals surface area contributed by atoms with Crippen molar-refractivity contribution in [3.05, 3.63) is 35.6 Å². The average molecular weight is 309 g/mol. The first kappa shape index (κ1) is 17.6. The summed E-state index contributed by atoms with van der Waals surface area (Å²) >= 11 is 0. The lowest BCUT2D eigenvalue weighted by atomic mass is 10.0. The molecular weight excluding hydrogens is 289 g/mol. The minimum atomic E-state index is -0.733. The van der Waals surface area contributed by atoms with Gasteiger partial charge in [0.2, 0.25) is 11.8 Å². The molecule has 6 nitrogen and oxygen atoms in total.